The van der Waals surface area contributed by atoms with E-state index in [9.17, 15) is 4.79 Å². The Morgan fingerprint density at radius 3 is 2.04 bits per heavy atom. The Hall–Kier alpha value is -1.05. The molecule has 0 N–H and O–H groups in total. The molecule has 0 aromatic rings. The topological polar surface area (TPSA) is 26.3 Å². The molecule has 0 heterocycles. The number of allylic oxidation sites excluding steroid dienone is 4. The Labute approximate surface area is 148 Å². The zero-order valence-electron chi connectivity index (χ0n) is 15.7. The van der Waals surface area contributed by atoms with Gasteiger partial charge >= 0.3 is 5.97 Å². The number of hydrogen-bond acceptors (Lipinski definition) is 2. The van der Waals surface area contributed by atoms with Crippen LogP contribution in [0, 0.1) is 17.8 Å². The largest absolute Gasteiger partial charge is 0.462 e. The summed E-state index contributed by atoms with van der Waals surface area (Å²) in [5, 5.41) is 0. The van der Waals surface area contributed by atoms with Gasteiger partial charge in [-0.3, -0.25) is 4.79 Å². The fourth-order valence-corrected chi connectivity index (χ4v) is 3.99. The lowest BCUT2D eigenvalue weighted by molar-refractivity contribution is -0.157. The fraction of sp³-hybridized carbons (Fsp3) is 0.773. The first-order valence-electron chi connectivity index (χ1n) is 10.3. The molecule has 0 radical (unpaired) electrons. The van der Waals surface area contributed by atoms with E-state index < -0.39 is 0 Å². The quantitative estimate of drug-likeness (QED) is 0.409. The minimum Gasteiger partial charge on any atom is -0.462 e. The number of hydrogen-bond donors (Lipinski definition) is 0. The zero-order chi connectivity index (χ0) is 17.2. The molecule has 2 nitrogen and oxygen atoms in total. The van der Waals surface area contributed by atoms with E-state index in [4.69, 9.17) is 4.74 Å². The molecule has 136 valence electrons. The van der Waals surface area contributed by atoms with E-state index in [1.54, 1.807) is 0 Å². The SMILES string of the molecule is CC/C=C/C1CCC(OC(=O)C2CCC(/C=C/CCC)CC2)CC1. The lowest BCUT2D eigenvalue weighted by Crippen LogP contribution is -2.29. The van der Waals surface area contributed by atoms with Crippen molar-refractivity contribution in [2.45, 2.75) is 90.6 Å². The van der Waals surface area contributed by atoms with E-state index in [2.05, 4.69) is 38.2 Å². The summed E-state index contributed by atoms with van der Waals surface area (Å²) in [6.07, 6.45) is 21.7. The van der Waals surface area contributed by atoms with E-state index in [0.29, 0.717) is 11.8 Å². The van der Waals surface area contributed by atoms with Crippen LogP contribution in [0.2, 0.25) is 0 Å². The Kier molecular flexibility index (Phi) is 8.63. The molecule has 2 heteroatoms. The van der Waals surface area contributed by atoms with Crippen molar-refractivity contribution < 1.29 is 9.53 Å². The number of ether oxygens (including phenoxy) is 1. The number of carbonyl (C=O) groups excluding carboxylic acids is 1. The molecule has 0 spiro atoms. The van der Waals surface area contributed by atoms with Crippen LogP contribution < -0.4 is 0 Å². The van der Waals surface area contributed by atoms with Crippen LogP contribution in [0.25, 0.3) is 0 Å². The lowest BCUT2D eigenvalue weighted by atomic mass is 9.81. The molecular formula is C22H36O2. The second kappa shape index (κ2) is 10.7. The molecular weight excluding hydrogens is 296 g/mol. The second-order valence-corrected chi connectivity index (χ2v) is 7.64. The minimum absolute atomic E-state index is 0.0820. The second-order valence-electron chi connectivity index (χ2n) is 7.64. The van der Waals surface area contributed by atoms with Crippen LogP contribution in [-0.4, -0.2) is 12.1 Å². The molecule has 0 aromatic carbocycles. The highest BCUT2D eigenvalue weighted by molar-refractivity contribution is 5.72. The normalized spacial score (nSPS) is 31.6. The summed E-state index contributed by atoms with van der Waals surface area (Å²) in [7, 11) is 0. The standard InChI is InChI=1S/C22H36O2/c1-3-5-7-9-19-10-14-20(15-11-19)22(23)24-21-16-12-18(13-17-21)8-6-4-2/h6-9,18-21H,3-5,10-17H2,1-2H3/b8-6+,9-7+. The highest BCUT2D eigenvalue weighted by Gasteiger charge is 2.29. The Morgan fingerprint density at radius 2 is 1.46 bits per heavy atom. The molecule has 0 bridgehead atoms. The van der Waals surface area contributed by atoms with Crippen LogP contribution >= 0.6 is 0 Å². The van der Waals surface area contributed by atoms with Gasteiger partial charge in [-0.15, -0.1) is 0 Å². The summed E-state index contributed by atoms with van der Waals surface area (Å²) >= 11 is 0. The van der Waals surface area contributed by atoms with E-state index >= 15 is 0 Å². The fourth-order valence-electron chi connectivity index (χ4n) is 3.99. The predicted molar refractivity (Wildman–Crippen MR) is 101 cm³/mol. The van der Waals surface area contributed by atoms with Crippen LogP contribution in [0.5, 0.6) is 0 Å². The molecule has 2 rings (SSSR count). The van der Waals surface area contributed by atoms with Crippen molar-refractivity contribution in [3.05, 3.63) is 24.3 Å². The predicted octanol–water partition coefficient (Wildman–Crippen LogP) is 6.22. The Balaban J connectivity index is 1.66. The third-order valence-electron chi connectivity index (χ3n) is 5.61. The van der Waals surface area contributed by atoms with Crippen molar-refractivity contribution in [1.29, 1.82) is 0 Å². The van der Waals surface area contributed by atoms with Crippen molar-refractivity contribution in [3.8, 4) is 0 Å². The summed E-state index contributed by atoms with van der Waals surface area (Å²) < 4.78 is 5.84. The summed E-state index contributed by atoms with van der Waals surface area (Å²) in [5.41, 5.74) is 0. The lowest BCUT2D eigenvalue weighted by Gasteiger charge is -2.30. The average molecular weight is 333 g/mol. The number of unbranched alkanes of at least 4 members (excludes halogenated alkanes) is 1. The first-order chi connectivity index (χ1) is 11.7. The van der Waals surface area contributed by atoms with Gasteiger partial charge in [0.2, 0.25) is 0 Å². The molecule has 0 amide bonds. The number of carbonyl (C=O) groups is 1. The first kappa shape index (κ1) is 19.3. The molecule has 0 saturated heterocycles. The van der Waals surface area contributed by atoms with Gasteiger partial charge in [0.05, 0.1) is 5.92 Å². The third-order valence-corrected chi connectivity index (χ3v) is 5.61. The van der Waals surface area contributed by atoms with Gasteiger partial charge < -0.3 is 4.74 Å². The van der Waals surface area contributed by atoms with Gasteiger partial charge in [0.25, 0.3) is 0 Å². The molecule has 0 aliphatic heterocycles. The van der Waals surface area contributed by atoms with Crippen LogP contribution in [0.3, 0.4) is 0 Å². The monoisotopic (exact) mass is 332 g/mol. The molecule has 0 unspecified atom stereocenters. The first-order valence-corrected chi connectivity index (χ1v) is 10.3. The van der Waals surface area contributed by atoms with Crippen LogP contribution in [0.4, 0.5) is 0 Å². The Bertz CT molecular complexity index is 408. The van der Waals surface area contributed by atoms with Gasteiger partial charge in [0.15, 0.2) is 0 Å². The minimum atomic E-state index is 0.0820. The maximum Gasteiger partial charge on any atom is 0.309 e. The summed E-state index contributed by atoms with van der Waals surface area (Å²) in [5.74, 6) is 1.61. The van der Waals surface area contributed by atoms with Crippen molar-refractivity contribution in [2.24, 2.45) is 17.8 Å². The molecule has 2 aliphatic rings. The molecule has 0 aromatic heterocycles. The maximum atomic E-state index is 12.4. The molecule has 2 aliphatic carbocycles. The number of rotatable bonds is 7. The summed E-state index contributed by atoms with van der Waals surface area (Å²) in [6.45, 7) is 4.39. The third kappa shape index (κ3) is 6.45. The van der Waals surface area contributed by atoms with Gasteiger partial charge in [0.1, 0.15) is 6.10 Å². The van der Waals surface area contributed by atoms with Crippen LogP contribution in [0.15, 0.2) is 24.3 Å². The molecule has 0 atom stereocenters. The van der Waals surface area contributed by atoms with Crippen LogP contribution in [0.1, 0.15) is 84.5 Å². The molecule has 24 heavy (non-hydrogen) atoms. The highest BCUT2D eigenvalue weighted by Crippen LogP contribution is 2.33. The van der Waals surface area contributed by atoms with Gasteiger partial charge in [0, 0.05) is 0 Å². The van der Waals surface area contributed by atoms with Crippen molar-refractivity contribution in [2.75, 3.05) is 0 Å². The molecule has 2 saturated carbocycles. The maximum absolute atomic E-state index is 12.4. The van der Waals surface area contributed by atoms with E-state index in [0.717, 1.165) is 44.9 Å². The molecule has 2 fully saturated rings. The van der Waals surface area contributed by atoms with E-state index in [1.807, 2.05) is 0 Å². The highest BCUT2D eigenvalue weighted by atomic mass is 16.5. The van der Waals surface area contributed by atoms with Crippen molar-refractivity contribution in [3.63, 3.8) is 0 Å². The van der Waals surface area contributed by atoms with Gasteiger partial charge in [-0.2, -0.15) is 0 Å². The van der Waals surface area contributed by atoms with E-state index in [1.165, 1.54) is 25.7 Å². The summed E-state index contributed by atoms with van der Waals surface area (Å²) in [4.78, 5) is 12.4. The van der Waals surface area contributed by atoms with Gasteiger partial charge in [-0.05, 0) is 76.0 Å². The zero-order valence-corrected chi connectivity index (χ0v) is 15.7. The summed E-state index contributed by atoms with van der Waals surface area (Å²) in [6, 6.07) is 0. The van der Waals surface area contributed by atoms with Gasteiger partial charge in [-0.25, -0.2) is 0 Å². The Morgan fingerprint density at radius 1 is 0.875 bits per heavy atom. The smallest absolute Gasteiger partial charge is 0.309 e. The van der Waals surface area contributed by atoms with E-state index in [-0.39, 0.29) is 18.0 Å². The van der Waals surface area contributed by atoms with Crippen molar-refractivity contribution >= 4 is 5.97 Å². The van der Waals surface area contributed by atoms with Crippen molar-refractivity contribution in [1.82, 2.24) is 0 Å². The van der Waals surface area contributed by atoms with Crippen LogP contribution in [-0.2, 0) is 9.53 Å². The average Bonchev–Trinajstić information content (AvgIpc) is 2.62. The number of esters is 1. The van der Waals surface area contributed by atoms with Gasteiger partial charge in [-0.1, -0.05) is 44.6 Å².